The van der Waals surface area contributed by atoms with Crippen LogP contribution in [-0.4, -0.2) is 35.0 Å². The minimum Gasteiger partial charge on any atom is -0.316 e. The van der Waals surface area contributed by atoms with E-state index >= 15 is 0 Å². The quantitative estimate of drug-likeness (QED) is 0.910. The highest BCUT2D eigenvalue weighted by Crippen LogP contribution is 2.30. The molecule has 2 aromatic rings. The number of benzene rings is 1. The van der Waals surface area contributed by atoms with Gasteiger partial charge >= 0.3 is 0 Å². The van der Waals surface area contributed by atoms with Gasteiger partial charge in [-0.25, -0.2) is 4.98 Å². The van der Waals surface area contributed by atoms with Gasteiger partial charge in [-0.3, -0.25) is 4.79 Å². The van der Waals surface area contributed by atoms with E-state index in [1.165, 1.54) is 11.3 Å². The van der Waals surface area contributed by atoms with Gasteiger partial charge in [0, 0.05) is 36.1 Å². The molecule has 110 valence electrons. The van der Waals surface area contributed by atoms with Crippen LogP contribution in [0.2, 0.25) is 0 Å². The van der Waals surface area contributed by atoms with Crippen LogP contribution in [0.1, 0.15) is 6.42 Å². The zero-order chi connectivity index (χ0) is 14.5. The van der Waals surface area contributed by atoms with Crippen LogP contribution in [-0.2, 0) is 4.79 Å². The summed E-state index contributed by atoms with van der Waals surface area (Å²) in [7, 11) is 0. The average Bonchev–Trinajstić information content (AvgIpc) is 2.97. The molecule has 1 atom stereocenters. The minimum atomic E-state index is 0.0523. The van der Waals surface area contributed by atoms with Crippen LogP contribution in [0.5, 0.6) is 0 Å². The number of carbonyl (C=O) groups excluding carboxylic acids is 1. The van der Waals surface area contributed by atoms with Gasteiger partial charge in [-0.05, 0) is 0 Å². The standard InChI is InChI=1S/C15H17N3OS2/c19-13(8-12-9-20-7-6-16-12)18-15-14(17-10-21-15)11-4-2-1-3-5-11/h1-5,10,12,16H,6-9H2,(H,18,19). The Morgan fingerprint density at radius 1 is 1.38 bits per heavy atom. The van der Waals surface area contributed by atoms with Crippen molar-refractivity contribution in [2.45, 2.75) is 12.5 Å². The van der Waals surface area contributed by atoms with Crippen molar-refractivity contribution in [2.24, 2.45) is 0 Å². The number of hydrogen-bond donors (Lipinski definition) is 2. The van der Waals surface area contributed by atoms with Crippen molar-refractivity contribution in [1.29, 1.82) is 0 Å². The maximum Gasteiger partial charge on any atom is 0.226 e. The number of hydrogen-bond acceptors (Lipinski definition) is 5. The van der Waals surface area contributed by atoms with E-state index < -0.39 is 0 Å². The van der Waals surface area contributed by atoms with Gasteiger partial charge in [-0.15, -0.1) is 11.3 Å². The van der Waals surface area contributed by atoms with Crippen molar-refractivity contribution in [1.82, 2.24) is 10.3 Å². The number of thioether (sulfide) groups is 1. The van der Waals surface area contributed by atoms with Crippen molar-refractivity contribution in [3.05, 3.63) is 35.8 Å². The molecule has 1 aromatic carbocycles. The summed E-state index contributed by atoms with van der Waals surface area (Å²) >= 11 is 3.37. The largest absolute Gasteiger partial charge is 0.316 e. The zero-order valence-electron chi connectivity index (χ0n) is 11.5. The summed E-state index contributed by atoms with van der Waals surface area (Å²) in [4.78, 5) is 16.6. The summed E-state index contributed by atoms with van der Waals surface area (Å²) in [5, 5.41) is 7.21. The Hall–Kier alpha value is -1.37. The molecule has 3 rings (SSSR count). The summed E-state index contributed by atoms with van der Waals surface area (Å²) < 4.78 is 0. The maximum atomic E-state index is 12.2. The number of nitrogens with one attached hydrogen (secondary N) is 2. The molecule has 0 aliphatic carbocycles. The number of carbonyl (C=O) groups is 1. The average molecular weight is 319 g/mol. The molecule has 1 unspecified atom stereocenters. The lowest BCUT2D eigenvalue weighted by Crippen LogP contribution is -2.39. The van der Waals surface area contributed by atoms with E-state index in [0.717, 1.165) is 34.3 Å². The van der Waals surface area contributed by atoms with Crippen molar-refractivity contribution in [2.75, 3.05) is 23.4 Å². The van der Waals surface area contributed by atoms with Gasteiger partial charge in [-0.1, -0.05) is 30.3 Å². The summed E-state index contributed by atoms with van der Waals surface area (Å²) in [6.07, 6.45) is 0.513. The molecule has 2 heterocycles. The van der Waals surface area contributed by atoms with Crippen molar-refractivity contribution >= 4 is 34.0 Å². The van der Waals surface area contributed by atoms with Gasteiger partial charge < -0.3 is 10.6 Å². The zero-order valence-corrected chi connectivity index (χ0v) is 13.2. The molecule has 1 aromatic heterocycles. The monoisotopic (exact) mass is 319 g/mol. The third-order valence-corrected chi connectivity index (χ3v) is 5.17. The van der Waals surface area contributed by atoms with Crippen LogP contribution in [0.15, 0.2) is 35.8 Å². The molecule has 0 bridgehead atoms. The molecule has 21 heavy (non-hydrogen) atoms. The third kappa shape index (κ3) is 3.84. The molecule has 6 heteroatoms. The van der Waals surface area contributed by atoms with E-state index in [2.05, 4.69) is 15.6 Å². The maximum absolute atomic E-state index is 12.2. The first-order valence-corrected chi connectivity index (χ1v) is 8.96. The number of amides is 1. The van der Waals surface area contributed by atoms with Crippen LogP contribution in [0.3, 0.4) is 0 Å². The first-order chi connectivity index (χ1) is 10.3. The van der Waals surface area contributed by atoms with Crippen LogP contribution < -0.4 is 10.6 Å². The Kier molecular flexibility index (Phi) is 4.90. The van der Waals surface area contributed by atoms with E-state index in [-0.39, 0.29) is 11.9 Å². The van der Waals surface area contributed by atoms with E-state index in [9.17, 15) is 4.79 Å². The second-order valence-corrected chi connectivity index (χ2v) is 6.88. The number of anilines is 1. The Morgan fingerprint density at radius 3 is 3.00 bits per heavy atom. The molecule has 4 nitrogen and oxygen atoms in total. The minimum absolute atomic E-state index is 0.0523. The van der Waals surface area contributed by atoms with E-state index in [1.54, 1.807) is 5.51 Å². The summed E-state index contributed by atoms with van der Waals surface area (Å²) in [6, 6.07) is 10.2. The number of aromatic nitrogens is 1. The van der Waals surface area contributed by atoms with E-state index in [4.69, 9.17) is 0 Å². The summed E-state index contributed by atoms with van der Waals surface area (Å²) in [5.74, 6) is 2.18. The first kappa shape index (κ1) is 14.6. The van der Waals surface area contributed by atoms with Gasteiger partial charge in [0.2, 0.25) is 5.91 Å². The molecule has 1 saturated heterocycles. The fourth-order valence-electron chi connectivity index (χ4n) is 2.29. The Labute approximate surface area is 132 Å². The number of thiazole rings is 1. The van der Waals surface area contributed by atoms with Crippen LogP contribution in [0, 0.1) is 0 Å². The molecule has 1 amide bonds. The molecule has 1 fully saturated rings. The predicted molar refractivity (Wildman–Crippen MR) is 89.9 cm³/mol. The Balaban J connectivity index is 1.65. The van der Waals surface area contributed by atoms with E-state index in [0.29, 0.717) is 6.42 Å². The molecule has 1 aliphatic heterocycles. The van der Waals surface area contributed by atoms with Crippen molar-refractivity contribution < 1.29 is 4.79 Å². The van der Waals surface area contributed by atoms with Crippen molar-refractivity contribution in [3.63, 3.8) is 0 Å². The molecule has 1 aliphatic rings. The molecule has 0 saturated carbocycles. The van der Waals surface area contributed by atoms with Gasteiger partial charge in [-0.2, -0.15) is 11.8 Å². The van der Waals surface area contributed by atoms with Crippen LogP contribution in [0.25, 0.3) is 11.3 Å². The van der Waals surface area contributed by atoms with Crippen LogP contribution >= 0.6 is 23.1 Å². The Morgan fingerprint density at radius 2 is 2.24 bits per heavy atom. The smallest absolute Gasteiger partial charge is 0.226 e. The SMILES string of the molecule is O=C(CC1CSCCN1)Nc1scnc1-c1ccccc1. The van der Waals surface area contributed by atoms with Crippen molar-refractivity contribution in [3.8, 4) is 11.3 Å². The second kappa shape index (κ2) is 7.06. The Bertz CT molecular complexity index is 594. The molecule has 0 spiro atoms. The molecular formula is C15H17N3OS2. The van der Waals surface area contributed by atoms with Gasteiger partial charge in [0.25, 0.3) is 0 Å². The second-order valence-electron chi connectivity index (χ2n) is 4.87. The number of rotatable bonds is 4. The lowest BCUT2D eigenvalue weighted by atomic mass is 10.1. The highest BCUT2D eigenvalue weighted by Gasteiger charge is 2.18. The van der Waals surface area contributed by atoms with E-state index in [1.807, 2.05) is 42.1 Å². The highest BCUT2D eigenvalue weighted by atomic mass is 32.2. The fourth-order valence-corrected chi connectivity index (χ4v) is 3.96. The van der Waals surface area contributed by atoms with Gasteiger partial charge in [0.15, 0.2) is 0 Å². The lowest BCUT2D eigenvalue weighted by molar-refractivity contribution is -0.116. The van der Waals surface area contributed by atoms with Gasteiger partial charge in [0.05, 0.1) is 5.51 Å². The summed E-state index contributed by atoms with van der Waals surface area (Å²) in [5.41, 5.74) is 3.65. The summed E-state index contributed by atoms with van der Waals surface area (Å²) in [6.45, 7) is 0.985. The normalized spacial score (nSPS) is 18.4. The molecule has 2 N–H and O–H groups in total. The topological polar surface area (TPSA) is 54.0 Å². The number of nitrogens with zero attached hydrogens (tertiary/aromatic N) is 1. The highest BCUT2D eigenvalue weighted by molar-refractivity contribution is 7.99. The third-order valence-electron chi connectivity index (χ3n) is 3.30. The first-order valence-electron chi connectivity index (χ1n) is 6.93. The molecule has 0 radical (unpaired) electrons. The molecular weight excluding hydrogens is 302 g/mol. The van der Waals surface area contributed by atoms with Crippen LogP contribution in [0.4, 0.5) is 5.00 Å². The predicted octanol–water partition coefficient (Wildman–Crippen LogP) is 2.84. The van der Waals surface area contributed by atoms with Gasteiger partial charge in [0.1, 0.15) is 10.7 Å². The fraction of sp³-hybridized carbons (Fsp3) is 0.333. The lowest BCUT2D eigenvalue weighted by Gasteiger charge is -2.22.